The summed E-state index contributed by atoms with van der Waals surface area (Å²) in [5.41, 5.74) is 2.95. The lowest BCUT2D eigenvalue weighted by molar-refractivity contribution is -0.123. The van der Waals surface area contributed by atoms with Gasteiger partial charge in [-0.05, 0) is 36.8 Å². The second-order valence-corrected chi connectivity index (χ2v) is 8.79. The number of nitrogens with zero attached hydrogens (tertiary/aromatic N) is 1. The molecule has 35 heavy (non-hydrogen) atoms. The third-order valence-electron chi connectivity index (χ3n) is 5.10. The molecule has 4 rings (SSSR count). The van der Waals surface area contributed by atoms with Gasteiger partial charge in [-0.3, -0.25) is 9.59 Å². The van der Waals surface area contributed by atoms with Crippen molar-refractivity contribution in [2.75, 3.05) is 5.32 Å². The fourth-order valence-corrected chi connectivity index (χ4v) is 4.01. The van der Waals surface area contributed by atoms with Crippen molar-refractivity contribution >= 4 is 34.9 Å². The van der Waals surface area contributed by atoms with Crippen LogP contribution < -0.4 is 15.4 Å². The first-order chi connectivity index (χ1) is 17.1. The fraction of sp³-hybridized carbons (Fsp3) is 0.107. The minimum atomic E-state index is -0.854. The number of aromatic nitrogens is 1. The SMILES string of the molecule is Cc1nc(COc2ccccc2/C=C/C(=O)NC(C(=O)Nc2ccccc2)c2ccccc2)cs1. The van der Waals surface area contributed by atoms with Gasteiger partial charge in [0, 0.05) is 22.7 Å². The van der Waals surface area contributed by atoms with Crippen LogP contribution in [0, 0.1) is 6.92 Å². The van der Waals surface area contributed by atoms with E-state index >= 15 is 0 Å². The molecule has 2 amide bonds. The summed E-state index contributed by atoms with van der Waals surface area (Å²) in [6.45, 7) is 2.30. The summed E-state index contributed by atoms with van der Waals surface area (Å²) in [6, 6.07) is 24.9. The molecule has 0 radical (unpaired) electrons. The van der Waals surface area contributed by atoms with Gasteiger partial charge in [-0.25, -0.2) is 4.98 Å². The topological polar surface area (TPSA) is 80.3 Å². The second-order valence-electron chi connectivity index (χ2n) is 7.73. The number of para-hydroxylation sites is 2. The monoisotopic (exact) mass is 483 g/mol. The van der Waals surface area contributed by atoms with Crippen LogP contribution >= 0.6 is 11.3 Å². The highest BCUT2D eigenvalue weighted by atomic mass is 32.1. The Balaban J connectivity index is 1.46. The first-order valence-electron chi connectivity index (χ1n) is 11.1. The summed E-state index contributed by atoms with van der Waals surface area (Å²) in [7, 11) is 0. The highest BCUT2D eigenvalue weighted by Crippen LogP contribution is 2.22. The van der Waals surface area contributed by atoms with Crippen LogP contribution in [-0.2, 0) is 16.2 Å². The van der Waals surface area contributed by atoms with Crippen LogP contribution in [0.2, 0.25) is 0 Å². The Morgan fingerprint density at radius 3 is 2.37 bits per heavy atom. The van der Waals surface area contributed by atoms with Gasteiger partial charge < -0.3 is 15.4 Å². The van der Waals surface area contributed by atoms with E-state index in [-0.39, 0.29) is 5.91 Å². The quantitative estimate of drug-likeness (QED) is 0.306. The highest BCUT2D eigenvalue weighted by molar-refractivity contribution is 7.09. The van der Waals surface area contributed by atoms with Gasteiger partial charge >= 0.3 is 0 Å². The zero-order valence-corrected chi connectivity index (χ0v) is 20.0. The standard InChI is InChI=1S/C28H25N3O3S/c1-20-29-24(19-35-20)18-34-25-15-9-8-10-21(25)16-17-26(32)31-27(22-11-4-2-5-12-22)28(33)30-23-13-6-3-7-14-23/h2-17,19,27H,18H2,1H3,(H,30,33)(H,31,32)/b17-16+. The zero-order chi connectivity index (χ0) is 24.5. The number of aryl methyl sites for hydroxylation is 1. The summed E-state index contributed by atoms with van der Waals surface area (Å²) in [5.74, 6) is -0.0814. The lowest BCUT2D eigenvalue weighted by Gasteiger charge is -2.18. The molecule has 0 saturated heterocycles. The van der Waals surface area contributed by atoms with Gasteiger partial charge in [-0.15, -0.1) is 11.3 Å². The molecule has 1 aromatic heterocycles. The molecule has 4 aromatic rings. The predicted octanol–water partition coefficient (Wildman–Crippen LogP) is 5.54. The number of hydrogen-bond acceptors (Lipinski definition) is 5. The molecule has 3 aromatic carbocycles. The van der Waals surface area contributed by atoms with Gasteiger partial charge in [0.15, 0.2) is 0 Å². The fourth-order valence-electron chi connectivity index (χ4n) is 3.41. The first kappa shape index (κ1) is 23.9. The van der Waals surface area contributed by atoms with Crippen molar-refractivity contribution in [3.05, 3.63) is 118 Å². The molecule has 0 fully saturated rings. The van der Waals surface area contributed by atoms with Crippen LogP contribution in [0.1, 0.15) is 27.9 Å². The van der Waals surface area contributed by atoms with Gasteiger partial charge in [0.25, 0.3) is 5.91 Å². The van der Waals surface area contributed by atoms with E-state index in [0.29, 0.717) is 23.6 Å². The number of rotatable bonds is 9. The molecule has 1 heterocycles. The largest absolute Gasteiger partial charge is 0.487 e. The number of carbonyl (C=O) groups excluding carboxylic acids is 2. The van der Waals surface area contributed by atoms with E-state index in [1.807, 2.05) is 85.1 Å². The molecule has 0 spiro atoms. The van der Waals surface area contributed by atoms with Crippen LogP contribution in [0.4, 0.5) is 5.69 Å². The predicted molar refractivity (Wildman–Crippen MR) is 139 cm³/mol. The molecule has 0 saturated carbocycles. The minimum Gasteiger partial charge on any atom is -0.487 e. The van der Waals surface area contributed by atoms with Crippen molar-refractivity contribution in [1.29, 1.82) is 0 Å². The third-order valence-corrected chi connectivity index (χ3v) is 5.92. The molecule has 0 aliphatic carbocycles. The van der Waals surface area contributed by atoms with E-state index in [9.17, 15) is 9.59 Å². The van der Waals surface area contributed by atoms with E-state index < -0.39 is 11.9 Å². The highest BCUT2D eigenvalue weighted by Gasteiger charge is 2.22. The summed E-state index contributed by atoms with van der Waals surface area (Å²) in [6.07, 6.45) is 3.08. The third kappa shape index (κ3) is 6.88. The normalized spacial score (nSPS) is 11.7. The van der Waals surface area contributed by atoms with Crippen LogP contribution in [0.15, 0.2) is 96.4 Å². The number of hydrogen-bond donors (Lipinski definition) is 2. The summed E-state index contributed by atoms with van der Waals surface area (Å²) in [5, 5.41) is 8.62. The number of anilines is 1. The maximum absolute atomic E-state index is 13.0. The smallest absolute Gasteiger partial charge is 0.251 e. The van der Waals surface area contributed by atoms with Crippen molar-refractivity contribution in [3.8, 4) is 5.75 Å². The molecule has 1 unspecified atom stereocenters. The van der Waals surface area contributed by atoms with Crippen molar-refractivity contribution < 1.29 is 14.3 Å². The minimum absolute atomic E-state index is 0.327. The lowest BCUT2D eigenvalue weighted by atomic mass is 10.1. The van der Waals surface area contributed by atoms with Gasteiger partial charge in [-0.1, -0.05) is 66.7 Å². The van der Waals surface area contributed by atoms with Crippen LogP contribution in [0.25, 0.3) is 6.08 Å². The lowest BCUT2D eigenvalue weighted by Crippen LogP contribution is -2.36. The molecular formula is C28H25N3O3S. The number of ether oxygens (including phenoxy) is 1. The molecule has 7 heteroatoms. The van der Waals surface area contributed by atoms with E-state index in [0.717, 1.165) is 16.3 Å². The summed E-state index contributed by atoms with van der Waals surface area (Å²) < 4.78 is 5.92. The Kier molecular flexibility index (Phi) is 8.04. The number of carbonyl (C=O) groups is 2. The van der Waals surface area contributed by atoms with E-state index in [4.69, 9.17) is 4.74 Å². The average molecular weight is 484 g/mol. The van der Waals surface area contributed by atoms with Crippen molar-refractivity contribution in [1.82, 2.24) is 10.3 Å². The molecule has 0 bridgehead atoms. The molecule has 6 nitrogen and oxygen atoms in total. The second kappa shape index (κ2) is 11.8. The van der Waals surface area contributed by atoms with Crippen LogP contribution in [0.5, 0.6) is 5.75 Å². The first-order valence-corrected chi connectivity index (χ1v) is 12.0. The van der Waals surface area contributed by atoms with E-state index in [2.05, 4.69) is 15.6 Å². The number of thiazole rings is 1. The van der Waals surface area contributed by atoms with Gasteiger partial charge in [-0.2, -0.15) is 0 Å². The molecule has 176 valence electrons. The van der Waals surface area contributed by atoms with E-state index in [1.165, 1.54) is 6.08 Å². The van der Waals surface area contributed by atoms with Gasteiger partial charge in [0.2, 0.25) is 5.91 Å². The van der Waals surface area contributed by atoms with Gasteiger partial charge in [0.05, 0.1) is 10.7 Å². The Labute approximate surface area is 208 Å². The van der Waals surface area contributed by atoms with Crippen LogP contribution in [0.3, 0.4) is 0 Å². The van der Waals surface area contributed by atoms with Crippen LogP contribution in [-0.4, -0.2) is 16.8 Å². The molecule has 1 atom stereocenters. The summed E-state index contributed by atoms with van der Waals surface area (Å²) in [4.78, 5) is 30.3. The Morgan fingerprint density at radius 1 is 0.971 bits per heavy atom. The molecular weight excluding hydrogens is 458 g/mol. The van der Waals surface area contributed by atoms with Crippen molar-refractivity contribution in [2.24, 2.45) is 0 Å². The average Bonchev–Trinajstić information content (AvgIpc) is 3.31. The van der Waals surface area contributed by atoms with Gasteiger partial charge in [0.1, 0.15) is 18.4 Å². The van der Waals surface area contributed by atoms with Crippen molar-refractivity contribution in [3.63, 3.8) is 0 Å². The number of nitrogens with one attached hydrogen (secondary N) is 2. The molecule has 2 N–H and O–H groups in total. The number of benzene rings is 3. The Morgan fingerprint density at radius 2 is 1.66 bits per heavy atom. The maximum Gasteiger partial charge on any atom is 0.251 e. The Hall–Kier alpha value is -4.23. The molecule has 0 aliphatic heterocycles. The summed E-state index contributed by atoms with van der Waals surface area (Å²) >= 11 is 1.57. The van der Waals surface area contributed by atoms with Crippen molar-refractivity contribution in [2.45, 2.75) is 19.6 Å². The zero-order valence-electron chi connectivity index (χ0n) is 19.2. The van der Waals surface area contributed by atoms with E-state index in [1.54, 1.807) is 29.5 Å². The Bertz CT molecular complexity index is 1300. The number of amides is 2. The molecule has 0 aliphatic rings. The maximum atomic E-state index is 13.0.